The van der Waals surface area contributed by atoms with Gasteiger partial charge in [-0.3, -0.25) is 9.59 Å². The molecule has 130 valence electrons. The largest absolute Gasteiger partial charge is 0.484 e. The summed E-state index contributed by atoms with van der Waals surface area (Å²) in [6.07, 6.45) is -0.764. The van der Waals surface area contributed by atoms with E-state index in [4.69, 9.17) is 21.1 Å². The van der Waals surface area contributed by atoms with Crippen LogP contribution in [-0.4, -0.2) is 38.1 Å². The molecule has 0 bridgehead atoms. The summed E-state index contributed by atoms with van der Waals surface area (Å²) in [4.78, 5) is 26.1. The molecular formula is C18H17ClN2O4. The van der Waals surface area contributed by atoms with E-state index in [0.29, 0.717) is 22.2 Å². The van der Waals surface area contributed by atoms with Crippen molar-refractivity contribution in [2.45, 2.75) is 6.10 Å². The molecular weight excluding hydrogens is 344 g/mol. The van der Waals surface area contributed by atoms with Crippen molar-refractivity contribution in [2.24, 2.45) is 0 Å². The molecule has 0 fully saturated rings. The minimum absolute atomic E-state index is 0.125. The van der Waals surface area contributed by atoms with Crippen LogP contribution >= 0.6 is 11.6 Å². The van der Waals surface area contributed by atoms with Crippen LogP contribution in [0.2, 0.25) is 5.02 Å². The average Bonchev–Trinajstić information content (AvgIpc) is 2.65. The molecule has 1 aliphatic heterocycles. The second-order valence-corrected chi connectivity index (χ2v) is 5.87. The number of hydrogen-bond acceptors (Lipinski definition) is 4. The van der Waals surface area contributed by atoms with Gasteiger partial charge in [0.25, 0.3) is 11.8 Å². The molecule has 1 atom stereocenters. The van der Waals surface area contributed by atoms with Gasteiger partial charge in [-0.1, -0.05) is 23.7 Å². The first-order chi connectivity index (χ1) is 12.1. The van der Waals surface area contributed by atoms with Crippen LogP contribution < -0.4 is 19.7 Å². The predicted octanol–water partition coefficient (Wildman–Crippen LogP) is 2.26. The lowest BCUT2D eigenvalue weighted by Gasteiger charge is -2.33. The number of carbonyl (C=O) groups excluding carboxylic acids is 2. The number of halogens is 1. The Balaban J connectivity index is 1.75. The number of ether oxygens (including phenoxy) is 2. The second-order valence-electron chi connectivity index (χ2n) is 5.44. The van der Waals surface area contributed by atoms with Crippen LogP contribution in [0.5, 0.6) is 11.5 Å². The second kappa shape index (κ2) is 7.44. The van der Waals surface area contributed by atoms with Gasteiger partial charge in [0.2, 0.25) is 0 Å². The van der Waals surface area contributed by atoms with Crippen molar-refractivity contribution in [2.75, 3.05) is 25.1 Å². The van der Waals surface area contributed by atoms with Crippen molar-refractivity contribution < 1.29 is 19.1 Å². The summed E-state index contributed by atoms with van der Waals surface area (Å²) in [6.45, 7) is -0.0318. The maximum Gasteiger partial charge on any atom is 0.265 e. The summed E-state index contributed by atoms with van der Waals surface area (Å²) in [7, 11) is 1.53. The normalized spacial score (nSPS) is 15.8. The highest BCUT2D eigenvalue weighted by atomic mass is 35.5. The van der Waals surface area contributed by atoms with Gasteiger partial charge < -0.3 is 19.7 Å². The summed E-state index contributed by atoms with van der Waals surface area (Å²) in [5.74, 6) is 0.481. The lowest BCUT2D eigenvalue weighted by atomic mass is 10.1. The van der Waals surface area contributed by atoms with Gasteiger partial charge in [0.15, 0.2) is 12.7 Å². The van der Waals surface area contributed by atoms with E-state index in [-0.39, 0.29) is 25.0 Å². The van der Waals surface area contributed by atoms with Gasteiger partial charge in [0, 0.05) is 12.1 Å². The minimum Gasteiger partial charge on any atom is -0.484 e. The van der Waals surface area contributed by atoms with Gasteiger partial charge in [-0.05, 0) is 36.4 Å². The Morgan fingerprint density at radius 3 is 2.68 bits per heavy atom. The maximum atomic E-state index is 12.6. The number of fused-ring (bicyclic) bond motifs is 1. The molecule has 0 unspecified atom stereocenters. The van der Waals surface area contributed by atoms with Crippen molar-refractivity contribution in [1.82, 2.24) is 5.32 Å². The highest BCUT2D eigenvalue weighted by molar-refractivity contribution is 6.30. The SMILES string of the molecule is CNC(=O)[C@H]1CN(C(=O)COc2ccc(Cl)cc2)c2ccccc2O1. The molecule has 6 nitrogen and oxygen atoms in total. The van der Waals surface area contributed by atoms with Gasteiger partial charge in [0.1, 0.15) is 11.5 Å². The first kappa shape index (κ1) is 17.1. The summed E-state index contributed by atoms with van der Waals surface area (Å²) in [5.41, 5.74) is 0.618. The Kier molecular flexibility index (Phi) is 5.09. The predicted molar refractivity (Wildman–Crippen MR) is 94.2 cm³/mol. The van der Waals surface area contributed by atoms with Gasteiger partial charge in [-0.25, -0.2) is 0 Å². The number of para-hydroxylation sites is 2. The molecule has 2 aromatic carbocycles. The van der Waals surface area contributed by atoms with E-state index < -0.39 is 6.10 Å². The Morgan fingerprint density at radius 1 is 1.24 bits per heavy atom. The van der Waals surface area contributed by atoms with Crippen LogP contribution in [0.4, 0.5) is 5.69 Å². The van der Waals surface area contributed by atoms with E-state index >= 15 is 0 Å². The number of hydrogen-bond donors (Lipinski definition) is 1. The molecule has 2 amide bonds. The van der Waals surface area contributed by atoms with Gasteiger partial charge in [-0.15, -0.1) is 0 Å². The molecule has 3 rings (SSSR count). The van der Waals surface area contributed by atoms with Crippen LogP contribution in [-0.2, 0) is 9.59 Å². The first-order valence-electron chi connectivity index (χ1n) is 7.74. The molecule has 1 aliphatic rings. The smallest absolute Gasteiger partial charge is 0.265 e. The highest BCUT2D eigenvalue weighted by Crippen LogP contribution is 2.33. The summed E-state index contributed by atoms with van der Waals surface area (Å²) in [6, 6.07) is 13.9. The van der Waals surface area contributed by atoms with Crippen LogP contribution in [0.15, 0.2) is 48.5 Å². The summed E-state index contributed by atoms with van der Waals surface area (Å²) < 4.78 is 11.2. The molecule has 1 N–H and O–H groups in total. The van der Waals surface area contributed by atoms with E-state index in [0.717, 1.165) is 0 Å². The molecule has 0 radical (unpaired) electrons. The van der Waals surface area contributed by atoms with E-state index in [1.54, 1.807) is 42.5 Å². The number of amides is 2. The first-order valence-corrected chi connectivity index (χ1v) is 8.12. The number of carbonyl (C=O) groups is 2. The number of benzene rings is 2. The lowest BCUT2D eigenvalue weighted by molar-refractivity contribution is -0.128. The minimum atomic E-state index is -0.764. The van der Waals surface area contributed by atoms with Crippen molar-refractivity contribution in [3.8, 4) is 11.5 Å². The van der Waals surface area contributed by atoms with Crippen LogP contribution in [0.3, 0.4) is 0 Å². The Morgan fingerprint density at radius 2 is 1.96 bits per heavy atom. The number of likely N-dealkylation sites (N-methyl/N-ethyl adjacent to an activating group) is 1. The van der Waals surface area contributed by atoms with E-state index in [2.05, 4.69) is 5.32 Å². The maximum absolute atomic E-state index is 12.6. The number of nitrogens with zero attached hydrogens (tertiary/aromatic N) is 1. The fourth-order valence-electron chi connectivity index (χ4n) is 2.52. The van der Waals surface area contributed by atoms with Crippen molar-refractivity contribution >= 4 is 29.1 Å². The number of nitrogens with one attached hydrogen (secondary N) is 1. The molecule has 0 spiro atoms. The summed E-state index contributed by atoms with van der Waals surface area (Å²) >= 11 is 5.83. The highest BCUT2D eigenvalue weighted by Gasteiger charge is 2.33. The van der Waals surface area contributed by atoms with Gasteiger partial charge in [-0.2, -0.15) is 0 Å². The zero-order valence-corrected chi connectivity index (χ0v) is 14.3. The number of rotatable bonds is 4. The van der Waals surface area contributed by atoms with Gasteiger partial charge >= 0.3 is 0 Å². The third-order valence-corrected chi connectivity index (χ3v) is 4.04. The fraction of sp³-hybridized carbons (Fsp3) is 0.222. The van der Waals surface area contributed by atoms with Gasteiger partial charge in [0.05, 0.1) is 12.2 Å². The van der Waals surface area contributed by atoms with Crippen LogP contribution in [0.25, 0.3) is 0 Å². The molecule has 0 aromatic heterocycles. The van der Waals surface area contributed by atoms with Crippen molar-refractivity contribution in [3.05, 3.63) is 53.6 Å². The van der Waals surface area contributed by atoms with Crippen molar-refractivity contribution in [1.29, 1.82) is 0 Å². The van der Waals surface area contributed by atoms with Crippen LogP contribution in [0, 0.1) is 0 Å². The Bertz CT molecular complexity index is 779. The molecule has 0 saturated carbocycles. The van der Waals surface area contributed by atoms with E-state index in [1.165, 1.54) is 11.9 Å². The lowest BCUT2D eigenvalue weighted by Crippen LogP contribution is -2.51. The van der Waals surface area contributed by atoms with E-state index in [1.807, 2.05) is 6.07 Å². The van der Waals surface area contributed by atoms with E-state index in [9.17, 15) is 9.59 Å². The quantitative estimate of drug-likeness (QED) is 0.908. The molecule has 1 heterocycles. The third kappa shape index (κ3) is 3.85. The molecule has 0 aliphatic carbocycles. The monoisotopic (exact) mass is 360 g/mol. The molecule has 0 saturated heterocycles. The number of anilines is 1. The zero-order chi connectivity index (χ0) is 17.8. The summed E-state index contributed by atoms with van der Waals surface area (Å²) in [5, 5.41) is 3.13. The molecule has 2 aromatic rings. The van der Waals surface area contributed by atoms with Crippen molar-refractivity contribution in [3.63, 3.8) is 0 Å². The average molecular weight is 361 g/mol. The molecule has 25 heavy (non-hydrogen) atoms. The topological polar surface area (TPSA) is 67.9 Å². The third-order valence-electron chi connectivity index (χ3n) is 3.79. The molecule has 7 heteroatoms. The van der Waals surface area contributed by atoms with Crippen LogP contribution in [0.1, 0.15) is 0 Å². The standard InChI is InChI=1S/C18H17ClN2O4/c1-20-18(23)16-10-21(14-4-2-3-5-15(14)25-16)17(22)11-24-13-8-6-12(19)7-9-13/h2-9,16H,10-11H2,1H3,(H,20,23)/t16-/m1/s1. The fourth-order valence-corrected chi connectivity index (χ4v) is 2.65. The Hall–Kier alpha value is -2.73. The zero-order valence-electron chi connectivity index (χ0n) is 13.6. The Labute approximate surface area is 150 Å².